The quantitative estimate of drug-likeness (QED) is 0.435. The molecular formula is C29H28N6O3. The van der Waals surface area contributed by atoms with Gasteiger partial charge in [0.05, 0.1) is 23.3 Å². The highest BCUT2D eigenvalue weighted by Crippen LogP contribution is 2.28. The van der Waals surface area contributed by atoms with E-state index in [-0.39, 0.29) is 17.6 Å². The first-order valence-corrected chi connectivity index (χ1v) is 12.5. The number of carboxylic acid groups (broad SMARTS) is 1. The summed E-state index contributed by atoms with van der Waals surface area (Å²) in [6.07, 6.45) is 2.37. The number of amides is 1. The van der Waals surface area contributed by atoms with Crippen molar-refractivity contribution in [1.82, 2.24) is 19.4 Å². The average Bonchev–Trinajstić information content (AvgIpc) is 3.45. The molecule has 3 aliphatic heterocycles. The van der Waals surface area contributed by atoms with Gasteiger partial charge in [0.2, 0.25) is 0 Å². The molecule has 5 heterocycles. The molecule has 3 saturated heterocycles. The van der Waals surface area contributed by atoms with Crippen LogP contribution >= 0.6 is 0 Å². The van der Waals surface area contributed by atoms with Gasteiger partial charge in [-0.05, 0) is 80.4 Å². The van der Waals surface area contributed by atoms with Gasteiger partial charge in [-0.1, -0.05) is 0 Å². The highest BCUT2D eigenvalue weighted by Gasteiger charge is 2.35. The highest BCUT2D eigenvalue weighted by molar-refractivity contribution is 5.99. The summed E-state index contributed by atoms with van der Waals surface area (Å²) in [5.74, 6) is -0.364. The molecule has 9 nitrogen and oxygen atoms in total. The third kappa shape index (κ3) is 4.60. The predicted octanol–water partition coefficient (Wildman–Crippen LogP) is 3.62. The number of carboxylic acids is 1. The van der Waals surface area contributed by atoms with Gasteiger partial charge in [0.1, 0.15) is 11.4 Å². The summed E-state index contributed by atoms with van der Waals surface area (Å²) in [5, 5.41) is 31.6. The van der Waals surface area contributed by atoms with Gasteiger partial charge in [-0.2, -0.15) is 10.5 Å². The third-order valence-corrected chi connectivity index (χ3v) is 7.77. The molecule has 2 N–H and O–H groups in total. The summed E-state index contributed by atoms with van der Waals surface area (Å²) in [6.45, 7) is 3.31. The van der Waals surface area contributed by atoms with Crippen LogP contribution in [0.25, 0.3) is 21.8 Å². The minimum atomic E-state index is -0.966. The Morgan fingerprint density at radius 1 is 0.868 bits per heavy atom. The van der Waals surface area contributed by atoms with E-state index >= 15 is 0 Å². The van der Waals surface area contributed by atoms with Crippen LogP contribution in [0, 0.1) is 28.6 Å². The van der Waals surface area contributed by atoms with E-state index in [2.05, 4.69) is 16.3 Å². The van der Waals surface area contributed by atoms with Crippen molar-refractivity contribution in [3.8, 4) is 12.1 Å². The number of piperidine rings is 3. The molecule has 0 aliphatic carbocycles. The van der Waals surface area contributed by atoms with Crippen molar-refractivity contribution >= 4 is 33.7 Å². The van der Waals surface area contributed by atoms with Crippen LogP contribution in [0.1, 0.15) is 44.9 Å². The monoisotopic (exact) mass is 508 g/mol. The number of nitriles is 2. The number of hydrogen-bond donors (Lipinski definition) is 2. The highest BCUT2D eigenvalue weighted by atomic mass is 16.4. The molecular weight excluding hydrogens is 480 g/mol. The lowest BCUT2D eigenvalue weighted by molar-refractivity contribution is 0.0616. The van der Waals surface area contributed by atoms with Crippen LogP contribution in [-0.4, -0.2) is 56.7 Å². The van der Waals surface area contributed by atoms with E-state index in [4.69, 9.17) is 15.6 Å². The van der Waals surface area contributed by atoms with Gasteiger partial charge in [0.25, 0.3) is 5.91 Å². The lowest BCUT2D eigenvalue weighted by atomic mass is 9.84. The normalized spacial score (nSPS) is 19.8. The first-order chi connectivity index (χ1) is 18.3. The molecule has 2 aromatic heterocycles. The van der Waals surface area contributed by atoms with Crippen molar-refractivity contribution in [2.45, 2.75) is 18.9 Å². The number of aryl methyl sites for hydroxylation is 2. The largest absolute Gasteiger partial charge is 0.477 e. The second kappa shape index (κ2) is 10.0. The third-order valence-electron chi connectivity index (χ3n) is 7.77. The zero-order valence-corrected chi connectivity index (χ0v) is 21.3. The summed E-state index contributed by atoms with van der Waals surface area (Å²) in [5.41, 5.74) is 3.82. The van der Waals surface area contributed by atoms with Crippen LogP contribution in [0.3, 0.4) is 0 Å². The Bertz CT molecular complexity index is 1640. The first-order valence-electron chi connectivity index (χ1n) is 12.5. The number of hydrogen-bond acceptors (Lipinski definition) is 5. The van der Waals surface area contributed by atoms with Crippen molar-refractivity contribution in [2.24, 2.45) is 20.0 Å². The van der Waals surface area contributed by atoms with E-state index in [9.17, 15) is 9.59 Å². The number of aromatic carboxylic acids is 1. The van der Waals surface area contributed by atoms with E-state index in [1.807, 2.05) is 35.9 Å². The number of fused-ring (bicyclic) bond motifs is 5. The number of aromatic nitrogens is 2. The molecule has 2 bridgehead atoms. The smallest absolute Gasteiger partial charge is 0.352 e. The molecule has 2 aromatic carbocycles. The van der Waals surface area contributed by atoms with Gasteiger partial charge < -0.3 is 24.5 Å². The number of carbonyl (C=O) groups is 2. The molecule has 7 rings (SSSR count). The summed E-state index contributed by atoms with van der Waals surface area (Å²) in [6, 6.07) is 18.5. The fourth-order valence-electron chi connectivity index (χ4n) is 5.63. The molecule has 0 radical (unpaired) electrons. The fraction of sp³-hybridized carbons (Fsp3) is 0.310. The molecule has 1 unspecified atom stereocenters. The van der Waals surface area contributed by atoms with Crippen LogP contribution in [0.4, 0.5) is 0 Å². The maximum atomic E-state index is 12.7. The van der Waals surface area contributed by atoms with Gasteiger partial charge in [0.15, 0.2) is 0 Å². The first kappa shape index (κ1) is 25.1. The van der Waals surface area contributed by atoms with E-state index in [0.717, 1.165) is 28.4 Å². The Labute approximate surface area is 220 Å². The summed E-state index contributed by atoms with van der Waals surface area (Å²) in [4.78, 5) is 26.0. The Balaban J connectivity index is 0.000000170. The second-order valence-corrected chi connectivity index (χ2v) is 9.97. The number of rotatable bonds is 3. The standard InChI is InChI=1S/C18H20N4O.C11H8N2O2/c1-21-16-3-2-12(10-19)8-14(16)9-17(21)18(23)20-15-11-22-6-4-13(15)5-7-22;1-13-9-3-2-7(6-12)4-8(9)5-10(13)11(14)15/h2-3,8-9,13,15H,4-7,11H2,1H3,(H,20,23);2-5H,1H3,(H,14,15). The summed E-state index contributed by atoms with van der Waals surface area (Å²) >= 11 is 0. The fourth-order valence-corrected chi connectivity index (χ4v) is 5.63. The van der Waals surface area contributed by atoms with Crippen molar-refractivity contribution in [3.05, 3.63) is 71.0 Å². The zero-order chi connectivity index (χ0) is 27.0. The molecule has 0 spiro atoms. The van der Waals surface area contributed by atoms with E-state index in [0.29, 0.717) is 22.7 Å². The van der Waals surface area contributed by atoms with Crippen LogP contribution in [0.15, 0.2) is 48.5 Å². The molecule has 4 aromatic rings. The lowest BCUT2D eigenvalue weighted by Gasteiger charge is -2.44. The minimum absolute atomic E-state index is 0.0130. The molecule has 0 saturated carbocycles. The molecule has 1 atom stereocenters. The minimum Gasteiger partial charge on any atom is -0.477 e. The van der Waals surface area contributed by atoms with Gasteiger partial charge in [0, 0.05) is 48.5 Å². The molecule has 3 aliphatic rings. The maximum Gasteiger partial charge on any atom is 0.352 e. The predicted molar refractivity (Wildman–Crippen MR) is 143 cm³/mol. The molecule has 1 amide bonds. The lowest BCUT2D eigenvalue weighted by Crippen LogP contribution is -2.57. The van der Waals surface area contributed by atoms with Crippen LogP contribution in [0.2, 0.25) is 0 Å². The molecule has 3 fully saturated rings. The topological polar surface area (TPSA) is 127 Å². The Hall–Kier alpha value is -4.60. The van der Waals surface area contributed by atoms with Gasteiger partial charge in [-0.15, -0.1) is 0 Å². The van der Waals surface area contributed by atoms with Crippen LogP contribution in [-0.2, 0) is 14.1 Å². The number of nitrogens with one attached hydrogen (secondary N) is 1. The Morgan fingerprint density at radius 3 is 1.87 bits per heavy atom. The summed E-state index contributed by atoms with van der Waals surface area (Å²) < 4.78 is 3.51. The second-order valence-electron chi connectivity index (χ2n) is 9.97. The summed E-state index contributed by atoms with van der Waals surface area (Å²) in [7, 11) is 3.59. The van der Waals surface area contributed by atoms with Gasteiger partial charge in [-0.25, -0.2) is 4.79 Å². The maximum absolute atomic E-state index is 12.7. The Kier molecular flexibility index (Phi) is 6.62. The van der Waals surface area contributed by atoms with Crippen molar-refractivity contribution in [3.63, 3.8) is 0 Å². The average molecular weight is 509 g/mol. The van der Waals surface area contributed by atoms with Crippen molar-refractivity contribution in [1.29, 1.82) is 10.5 Å². The number of carbonyl (C=O) groups excluding carboxylic acids is 1. The van der Waals surface area contributed by atoms with Crippen molar-refractivity contribution in [2.75, 3.05) is 19.6 Å². The van der Waals surface area contributed by atoms with Crippen molar-refractivity contribution < 1.29 is 14.7 Å². The molecule has 9 heteroatoms. The Morgan fingerprint density at radius 2 is 1.39 bits per heavy atom. The van der Waals surface area contributed by atoms with Gasteiger partial charge >= 0.3 is 5.97 Å². The van der Waals surface area contributed by atoms with Gasteiger partial charge in [-0.3, -0.25) is 4.79 Å². The number of benzene rings is 2. The SMILES string of the molecule is Cn1c(C(=O)NC2CN3CCC2CC3)cc2cc(C#N)ccc21.Cn1c(C(=O)O)cc2cc(C#N)ccc21. The van der Waals surface area contributed by atoms with E-state index < -0.39 is 5.97 Å². The van der Waals surface area contributed by atoms with Crippen LogP contribution < -0.4 is 5.32 Å². The molecule has 38 heavy (non-hydrogen) atoms. The van der Waals surface area contributed by atoms with Crippen LogP contribution in [0.5, 0.6) is 0 Å². The zero-order valence-electron chi connectivity index (χ0n) is 21.3. The number of nitrogens with zero attached hydrogens (tertiary/aromatic N) is 5. The molecule has 192 valence electrons. The van der Waals surface area contributed by atoms with E-state index in [1.54, 1.807) is 41.9 Å². The van der Waals surface area contributed by atoms with E-state index in [1.165, 1.54) is 25.9 Å².